The summed E-state index contributed by atoms with van der Waals surface area (Å²) in [6.45, 7) is 6.72. The molecule has 7 nitrogen and oxygen atoms in total. The van der Waals surface area contributed by atoms with Gasteiger partial charge in [-0.15, -0.1) is 11.3 Å². The Bertz CT molecular complexity index is 1060. The minimum Gasteiger partial charge on any atom is -0.477 e. The first-order chi connectivity index (χ1) is 15.2. The zero-order chi connectivity index (χ0) is 21.5. The van der Waals surface area contributed by atoms with Crippen LogP contribution in [0.4, 0.5) is 5.13 Å². The van der Waals surface area contributed by atoms with Gasteiger partial charge in [-0.2, -0.15) is 0 Å². The van der Waals surface area contributed by atoms with Crippen LogP contribution >= 0.6 is 11.3 Å². The Morgan fingerprint density at radius 1 is 1.29 bits per heavy atom. The molecule has 3 heterocycles. The Morgan fingerprint density at radius 2 is 2.13 bits per heavy atom. The summed E-state index contributed by atoms with van der Waals surface area (Å²) in [5.74, 6) is 0.300. The molecule has 0 unspecified atom stereocenters. The number of carbonyl (C=O) groups excluding carboxylic acids is 1. The van der Waals surface area contributed by atoms with Gasteiger partial charge < -0.3 is 9.47 Å². The highest BCUT2D eigenvalue weighted by Crippen LogP contribution is 2.24. The highest BCUT2D eigenvalue weighted by molar-refractivity contribution is 7.13. The van der Waals surface area contributed by atoms with Crippen molar-refractivity contribution in [3.63, 3.8) is 0 Å². The molecule has 2 aromatic heterocycles. The number of pyridine rings is 1. The van der Waals surface area contributed by atoms with Crippen molar-refractivity contribution in [2.75, 3.05) is 38.2 Å². The van der Waals surface area contributed by atoms with Crippen LogP contribution in [-0.2, 0) is 16.1 Å². The second kappa shape index (κ2) is 10.5. The quantitative estimate of drug-likeness (QED) is 0.537. The van der Waals surface area contributed by atoms with E-state index in [1.165, 1.54) is 17.4 Å². The summed E-state index contributed by atoms with van der Waals surface area (Å²) >= 11 is 1.43. The van der Waals surface area contributed by atoms with E-state index < -0.39 is 0 Å². The van der Waals surface area contributed by atoms with Crippen molar-refractivity contribution in [3.8, 4) is 5.88 Å². The van der Waals surface area contributed by atoms with Crippen molar-refractivity contribution in [2.45, 2.75) is 19.9 Å². The van der Waals surface area contributed by atoms with Gasteiger partial charge in [0.15, 0.2) is 5.13 Å². The molecule has 0 aliphatic carbocycles. The summed E-state index contributed by atoms with van der Waals surface area (Å²) in [6, 6.07) is 9.85. The fourth-order valence-electron chi connectivity index (χ4n) is 3.29. The summed E-state index contributed by atoms with van der Waals surface area (Å²) in [5, 5.41) is 6.43. The molecule has 162 valence electrons. The number of para-hydroxylation sites is 1. The molecular weight excluding hydrogens is 412 g/mol. The number of amides is 1. The first-order valence-corrected chi connectivity index (χ1v) is 11.4. The van der Waals surface area contributed by atoms with Gasteiger partial charge in [0, 0.05) is 42.0 Å². The third-order valence-corrected chi connectivity index (χ3v) is 5.65. The number of hydrogen-bond acceptors (Lipinski definition) is 7. The molecule has 0 saturated carbocycles. The lowest BCUT2D eigenvalue weighted by atomic mass is 10.1. The van der Waals surface area contributed by atoms with Gasteiger partial charge in [0.2, 0.25) is 11.8 Å². The number of morpholine rings is 1. The molecule has 3 aromatic rings. The molecule has 1 fully saturated rings. The number of aromatic nitrogens is 2. The smallest absolute Gasteiger partial charge is 0.250 e. The number of hydrogen-bond donors (Lipinski definition) is 1. The van der Waals surface area contributed by atoms with Gasteiger partial charge >= 0.3 is 0 Å². The molecule has 31 heavy (non-hydrogen) atoms. The topological polar surface area (TPSA) is 76.6 Å². The molecule has 0 bridgehead atoms. The van der Waals surface area contributed by atoms with E-state index in [0.717, 1.165) is 61.4 Å². The van der Waals surface area contributed by atoms with Crippen LogP contribution in [0.5, 0.6) is 5.88 Å². The molecule has 1 amide bonds. The Labute approximate surface area is 185 Å². The highest BCUT2D eigenvalue weighted by atomic mass is 32.1. The van der Waals surface area contributed by atoms with E-state index in [0.29, 0.717) is 17.6 Å². The highest BCUT2D eigenvalue weighted by Gasteiger charge is 2.13. The van der Waals surface area contributed by atoms with E-state index >= 15 is 0 Å². The van der Waals surface area contributed by atoms with Gasteiger partial charge in [-0.25, -0.2) is 9.97 Å². The summed E-state index contributed by atoms with van der Waals surface area (Å²) < 4.78 is 11.2. The maximum atomic E-state index is 12.5. The van der Waals surface area contributed by atoms with Crippen molar-refractivity contribution in [1.29, 1.82) is 0 Å². The van der Waals surface area contributed by atoms with Crippen LogP contribution in [0.25, 0.3) is 17.0 Å². The lowest BCUT2D eigenvalue weighted by Crippen LogP contribution is -2.35. The number of benzene rings is 1. The van der Waals surface area contributed by atoms with Crippen molar-refractivity contribution >= 4 is 39.4 Å². The molecule has 1 aromatic carbocycles. The number of anilines is 1. The van der Waals surface area contributed by atoms with Crippen LogP contribution in [0.2, 0.25) is 0 Å². The molecule has 0 spiro atoms. The van der Waals surface area contributed by atoms with E-state index in [1.54, 1.807) is 6.08 Å². The number of carbonyl (C=O) groups is 1. The Morgan fingerprint density at radius 3 is 2.97 bits per heavy atom. The van der Waals surface area contributed by atoms with Crippen LogP contribution in [0.1, 0.15) is 24.6 Å². The van der Waals surface area contributed by atoms with Gasteiger partial charge in [0.25, 0.3) is 0 Å². The normalized spacial score (nSPS) is 14.9. The standard InChI is InChI=1S/C23H26N4O3S/c1-2-11-30-22-18(14-17-5-3-4-6-20(17)25-22)7-8-21(28)26-23-24-19(16-31-23)15-27-9-12-29-13-10-27/h3-8,14,16H,2,9-13,15H2,1H3,(H,24,26,28)/b8-7+. The zero-order valence-electron chi connectivity index (χ0n) is 17.5. The second-order valence-corrected chi connectivity index (χ2v) is 8.14. The summed E-state index contributed by atoms with van der Waals surface area (Å²) in [4.78, 5) is 23.9. The fourth-order valence-corrected chi connectivity index (χ4v) is 3.99. The second-order valence-electron chi connectivity index (χ2n) is 7.28. The third-order valence-electron chi connectivity index (χ3n) is 4.85. The van der Waals surface area contributed by atoms with Gasteiger partial charge in [-0.3, -0.25) is 15.0 Å². The molecule has 4 rings (SSSR count). The Kier molecular flexibility index (Phi) is 7.24. The molecule has 1 aliphatic heterocycles. The van der Waals surface area contributed by atoms with E-state index in [-0.39, 0.29) is 5.91 Å². The minimum absolute atomic E-state index is 0.234. The number of nitrogens with one attached hydrogen (secondary N) is 1. The number of thiazole rings is 1. The molecule has 1 saturated heterocycles. The lowest BCUT2D eigenvalue weighted by molar-refractivity contribution is -0.111. The van der Waals surface area contributed by atoms with Crippen LogP contribution in [0.15, 0.2) is 41.8 Å². The van der Waals surface area contributed by atoms with E-state index in [2.05, 4.69) is 20.2 Å². The van der Waals surface area contributed by atoms with Gasteiger partial charge in [-0.1, -0.05) is 25.1 Å². The van der Waals surface area contributed by atoms with Crippen LogP contribution < -0.4 is 10.1 Å². The lowest BCUT2D eigenvalue weighted by Gasteiger charge is -2.25. The number of nitrogens with zero attached hydrogens (tertiary/aromatic N) is 3. The van der Waals surface area contributed by atoms with E-state index in [4.69, 9.17) is 9.47 Å². The van der Waals surface area contributed by atoms with E-state index in [1.807, 2.05) is 42.6 Å². The number of ether oxygens (including phenoxy) is 2. The van der Waals surface area contributed by atoms with Crippen molar-refractivity contribution < 1.29 is 14.3 Å². The van der Waals surface area contributed by atoms with Gasteiger partial charge in [-0.05, 0) is 24.6 Å². The fraction of sp³-hybridized carbons (Fsp3) is 0.348. The van der Waals surface area contributed by atoms with Crippen molar-refractivity contribution in [2.24, 2.45) is 0 Å². The molecule has 8 heteroatoms. The number of fused-ring (bicyclic) bond motifs is 1. The minimum atomic E-state index is -0.234. The van der Waals surface area contributed by atoms with Gasteiger partial charge in [0.05, 0.1) is 31.0 Å². The van der Waals surface area contributed by atoms with E-state index in [9.17, 15) is 4.79 Å². The average molecular weight is 439 g/mol. The molecule has 1 aliphatic rings. The summed E-state index contributed by atoms with van der Waals surface area (Å²) in [7, 11) is 0. The zero-order valence-corrected chi connectivity index (χ0v) is 18.4. The first-order valence-electron chi connectivity index (χ1n) is 10.5. The van der Waals surface area contributed by atoms with Crippen LogP contribution in [0.3, 0.4) is 0 Å². The third kappa shape index (κ3) is 5.88. The first kappa shape index (κ1) is 21.4. The summed E-state index contributed by atoms with van der Waals surface area (Å²) in [6.07, 6.45) is 4.12. The molecule has 0 atom stereocenters. The van der Waals surface area contributed by atoms with Gasteiger partial charge in [0.1, 0.15) is 0 Å². The molecular formula is C23H26N4O3S. The maximum absolute atomic E-state index is 12.5. The summed E-state index contributed by atoms with van der Waals surface area (Å²) in [5.41, 5.74) is 2.60. The SMILES string of the molecule is CCCOc1nc2ccccc2cc1/C=C/C(=O)Nc1nc(CN2CCOCC2)cs1. The van der Waals surface area contributed by atoms with Crippen LogP contribution in [0, 0.1) is 0 Å². The Hall–Kier alpha value is -2.81. The molecule has 0 radical (unpaired) electrons. The van der Waals surface area contributed by atoms with Crippen molar-refractivity contribution in [1.82, 2.24) is 14.9 Å². The number of rotatable bonds is 8. The van der Waals surface area contributed by atoms with Crippen molar-refractivity contribution in [3.05, 3.63) is 53.0 Å². The maximum Gasteiger partial charge on any atom is 0.250 e. The predicted octanol–water partition coefficient (Wildman–Crippen LogP) is 3.96. The monoisotopic (exact) mass is 438 g/mol. The Balaban J connectivity index is 1.42. The van der Waals surface area contributed by atoms with Crippen LogP contribution in [-0.4, -0.2) is 53.7 Å². The molecule has 1 N–H and O–H groups in total. The largest absolute Gasteiger partial charge is 0.477 e. The predicted molar refractivity (Wildman–Crippen MR) is 123 cm³/mol. The average Bonchev–Trinajstić information content (AvgIpc) is 3.23.